The lowest BCUT2D eigenvalue weighted by molar-refractivity contribution is -0.384. The van der Waals surface area contributed by atoms with Crippen molar-refractivity contribution in [3.05, 3.63) is 79.8 Å². The summed E-state index contributed by atoms with van der Waals surface area (Å²) in [6, 6.07) is 15.6. The van der Waals surface area contributed by atoms with Crippen LogP contribution in [0.1, 0.15) is 5.76 Å². The summed E-state index contributed by atoms with van der Waals surface area (Å²) >= 11 is 4.72. The third kappa shape index (κ3) is 3.54. The molecular weight excluding hydrogens is 432 g/mol. The van der Waals surface area contributed by atoms with Gasteiger partial charge in [0.2, 0.25) is 0 Å². The number of nitrogens with zero attached hydrogens (tertiary/aromatic N) is 1. The average Bonchev–Trinajstić information content (AvgIpc) is 3.10. The van der Waals surface area contributed by atoms with Crippen molar-refractivity contribution in [2.75, 3.05) is 5.32 Å². The second-order valence-electron chi connectivity index (χ2n) is 5.68. The van der Waals surface area contributed by atoms with Crippen molar-refractivity contribution in [1.82, 2.24) is 0 Å². The lowest BCUT2D eigenvalue weighted by Crippen LogP contribution is -2.16. The van der Waals surface area contributed by atoms with Crippen LogP contribution in [0.15, 0.2) is 73.3 Å². The predicted molar refractivity (Wildman–Crippen MR) is 107 cm³/mol. The van der Waals surface area contributed by atoms with Gasteiger partial charge in [-0.3, -0.25) is 14.9 Å². The number of non-ortho nitro benzene ring substituents is 1. The number of para-hydroxylation sites is 1. The molecule has 6 nitrogen and oxygen atoms in total. The number of rotatable bonds is 3. The highest BCUT2D eigenvalue weighted by atomic mass is 79.9. The van der Waals surface area contributed by atoms with Crippen LogP contribution in [0.3, 0.4) is 0 Å². The third-order valence-electron chi connectivity index (χ3n) is 3.91. The standard InChI is InChI=1S/C19H11BrN2O4S/c20-14-9-11(22(24)25)5-7-13(14)16-8-6-12(26-16)10-18-19(23)21-15-3-1-2-4-17(15)27-18/h1-10H,(H,21,23)/b18-10-. The average molecular weight is 443 g/mol. The molecule has 0 atom stereocenters. The Morgan fingerprint density at radius 1 is 1.15 bits per heavy atom. The number of nitro benzene ring substituents is 1. The number of hydrogen-bond acceptors (Lipinski definition) is 5. The summed E-state index contributed by atoms with van der Waals surface area (Å²) in [6.07, 6.45) is 1.68. The summed E-state index contributed by atoms with van der Waals surface area (Å²) in [5.41, 5.74) is 1.48. The normalized spacial score (nSPS) is 14.7. The van der Waals surface area contributed by atoms with Crippen molar-refractivity contribution in [1.29, 1.82) is 0 Å². The minimum absolute atomic E-state index is 0.00605. The molecule has 8 heteroatoms. The first kappa shape index (κ1) is 17.6. The molecule has 1 N–H and O–H groups in total. The highest BCUT2D eigenvalue weighted by Crippen LogP contribution is 2.39. The van der Waals surface area contributed by atoms with Gasteiger partial charge in [0.05, 0.1) is 15.5 Å². The number of furan rings is 1. The first-order valence-corrected chi connectivity index (χ1v) is 9.46. The number of amides is 1. The van der Waals surface area contributed by atoms with Gasteiger partial charge >= 0.3 is 0 Å². The molecule has 0 aliphatic carbocycles. The molecule has 1 amide bonds. The van der Waals surface area contributed by atoms with E-state index < -0.39 is 4.92 Å². The van der Waals surface area contributed by atoms with Crippen molar-refractivity contribution in [3.63, 3.8) is 0 Å². The maximum absolute atomic E-state index is 12.3. The first-order valence-electron chi connectivity index (χ1n) is 7.85. The molecule has 0 radical (unpaired) electrons. The van der Waals surface area contributed by atoms with Crippen LogP contribution in [0.5, 0.6) is 0 Å². The lowest BCUT2D eigenvalue weighted by Gasteiger charge is -2.17. The maximum Gasteiger partial charge on any atom is 0.270 e. The van der Waals surface area contributed by atoms with E-state index in [1.807, 2.05) is 24.3 Å². The second kappa shape index (κ2) is 7.05. The van der Waals surface area contributed by atoms with Gasteiger partial charge in [0.15, 0.2) is 0 Å². The van der Waals surface area contributed by atoms with Crippen LogP contribution >= 0.6 is 27.7 Å². The van der Waals surface area contributed by atoms with E-state index in [0.717, 1.165) is 10.6 Å². The van der Waals surface area contributed by atoms with Crippen LogP contribution < -0.4 is 5.32 Å². The fraction of sp³-hybridized carbons (Fsp3) is 0. The number of thioether (sulfide) groups is 1. The number of hydrogen-bond donors (Lipinski definition) is 1. The summed E-state index contributed by atoms with van der Waals surface area (Å²) in [6.45, 7) is 0. The van der Waals surface area contributed by atoms with E-state index in [1.165, 1.54) is 23.9 Å². The summed E-state index contributed by atoms with van der Waals surface area (Å²) < 4.78 is 6.38. The SMILES string of the molecule is O=C1Nc2ccccc2S/C1=C\c1ccc(-c2ccc([N+](=O)[O-])cc2Br)o1. The predicted octanol–water partition coefficient (Wildman–Crippen LogP) is 5.70. The fourth-order valence-corrected chi connectivity index (χ4v) is 4.12. The zero-order valence-corrected chi connectivity index (χ0v) is 16.0. The monoisotopic (exact) mass is 442 g/mol. The van der Waals surface area contributed by atoms with Gasteiger partial charge in [-0.1, -0.05) is 23.9 Å². The molecule has 3 aromatic rings. The van der Waals surface area contributed by atoms with Crippen LogP contribution in [0.25, 0.3) is 17.4 Å². The largest absolute Gasteiger partial charge is 0.457 e. The molecule has 2 heterocycles. The zero-order chi connectivity index (χ0) is 19.0. The number of carbonyl (C=O) groups is 1. The molecule has 27 heavy (non-hydrogen) atoms. The van der Waals surface area contributed by atoms with Gasteiger partial charge in [0.1, 0.15) is 11.5 Å². The molecule has 1 aliphatic heterocycles. The Hall–Kier alpha value is -2.84. The van der Waals surface area contributed by atoms with Gasteiger partial charge in [-0.25, -0.2) is 0 Å². The van der Waals surface area contributed by atoms with E-state index in [4.69, 9.17) is 4.42 Å². The number of anilines is 1. The van der Waals surface area contributed by atoms with Gasteiger partial charge in [0.25, 0.3) is 11.6 Å². The molecule has 0 spiro atoms. The maximum atomic E-state index is 12.3. The Bertz CT molecular complexity index is 1110. The van der Waals surface area contributed by atoms with Gasteiger partial charge in [-0.15, -0.1) is 0 Å². The van der Waals surface area contributed by atoms with Crippen LogP contribution in [-0.2, 0) is 4.79 Å². The summed E-state index contributed by atoms with van der Waals surface area (Å²) in [5, 5.41) is 13.7. The zero-order valence-electron chi connectivity index (χ0n) is 13.6. The summed E-state index contributed by atoms with van der Waals surface area (Å²) in [7, 11) is 0. The fourth-order valence-electron chi connectivity index (χ4n) is 2.62. The highest BCUT2D eigenvalue weighted by molar-refractivity contribution is 9.10. The number of fused-ring (bicyclic) bond motifs is 1. The van der Waals surface area contributed by atoms with Crippen LogP contribution in [0, 0.1) is 10.1 Å². The molecule has 0 fully saturated rings. The van der Waals surface area contributed by atoms with E-state index in [0.29, 0.717) is 26.5 Å². The molecular formula is C19H11BrN2O4S. The lowest BCUT2D eigenvalue weighted by atomic mass is 10.1. The molecule has 0 saturated carbocycles. The molecule has 1 aliphatic rings. The second-order valence-corrected chi connectivity index (χ2v) is 7.62. The van der Waals surface area contributed by atoms with Crippen LogP contribution in [0.4, 0.5) is 11.4 Å². The molecule has 0 saturated heterocycles. The van der Waals surface area contributed by atoms with Crippen LogP contribution in [-0.4, -0.2) is 10.8 Å². The van der Waals surface area contributed by atoms with Gasteiger partial charge in [-0.05, 0) is 46.3 Å². The Labute approximate surface area is 166 Å². The Morgan fingerprint density at radius 3 is 2.74 bits per heavy atom. The summed E-state index contributed by atoms with van der Waals surface area (Å²) in [5.74, 6) is 0.880. The Morgan fingerprint density at radius 2 is 1.96 bits per heavy atom. The molecule has 0 unspecified atom stereocenters. The number of benzene rings is 2. The van der Waals surface area contributed by atoms with E-state index in [2.05, 4.69) is 21.2 Å². The van der Waals surface area contributed by atoms with Gasteiger partial charge in [-0.2, -0.15) is 0 Å². The van der Waals surface area contributed by atoms with E-state index in [1.54, 1.807) is 24.3 Å². The van der Waals surface area contributed by atoms with Gasteiger partial charge in [0, 0.05) is 33.1 Å². The van der Waals surface area contributed by atoms with Gasteiger partial charge < -0.3 is 9.73 Å². The number of carbonyl (C=O) groups excluding carboxylic acids is 1. The molecule has 0 bridgehead atoms. The highest BCUT2D eigenvalue weighted by Gasteiger charge is 2.21. The summed E-state index contributed by atoms with van der Waals surface area (Å²) in [4.78, 5) is 24.2. The first-order chi connectivity index (χ1) is 13.0. The van der Waals surface area contributed by atoms with E-state index in [9.17, 15) is 14.9 Å². The third-order valence-corrected chi connectivity index (χ3v) is 5.66. The minimum atomic E-state index is -0.455. The number of nitro groups is 1. The Kier molecular flexibility index (Phi) is 4.59. The molecule has 2 aromatic carbocycles. The Balaban J connectivity index is 1.63. The minimum Gasteiger partial charge on any atom is -0.457 e. The van der Waals surface area contributed by atoms with Crippen molar-refractivity contribution >= 4 is 51.0 Å². The van der Waals surface area contributed by atoms with Crippen molar-refractivity contribution in [3.8, 4) is 11.3 Å². The topological polar surface area (TPSA) is 85.4 Å². The molecule has 1 aromatic heterocycles. The van der Waals surface area contributed by atoms with Crippen LogP contribution in [0.2, 0.25) is 0 Å². The number of halogens is 1. The smallest absolute Gasteiger partial charge is 0.270 e. The van der Waals surface area contributed by atoms with Crippen molar-refractivity contribution < 1.29 is 14.1 Å². The van der Waals surface area contributed by atoms with Crippen molar-refractivity contribution in [2.45, 2.75) is 4.90 Å². The quantitative estimate of drug-likeness (QED) is 0.319. The number of nitrogens with one attached hydrogen (secondary N) is 1. The van der Waals surface area contributed by atoms with E-state index >= 15 is 0 Å². The molecule has 4 rings (SSSR count). The van der Waals surface area contributed by atoms with E-state index in [-0.39, 0.29) is 11.6 Å². The van der Waals surface area contributed by atoms with Crippen molar-refractivity contribution in [2.24, 2.45) is 0 Å². The molecule has 134 valence electrons.